The number of halogens is 3. The maximum absolute atomic E-state index is 13.8. The van der Waals surface area contributed by atoms with Gasteiger partial charge in [0.25, 0.3) is 0 Å². The van der Waals surface area contributed by atoms with Gasteiger partial charge in [-0.25, -0.2) is 4.98 Å². The first kappa shape index (κ1) is 22.5. The van der Waals surface area contributed by atoms with Crippen LogP contribution in [0.4, 0.5) is 13.2 Å². The molecule has 0 bridgehead atoms. The van der Waals surface area contributed by atoms with Crippen molar-refractivity contribution in [3.05, 3.63) is 77.9 Å². The van der Waals surface area contributed by atoms with E-state index < -0.39 is 17.7 Å². The zero-order valence-electron chi connectivity index (χ0n) is 17.5. The summed E-state index contributed by atoms with van der Waals surface area (Å²) in [5.41, 5.74) is 2.07. The van der Waals surface area contributed by atoms with E-state index in [1.165, 1.54) is 6.07 Å². The molecule has 0 spiro atoms. The largest absolute Gasteiger partial charge is 0.481 e. The van der Waals surface area contributed by atoms with Gasteiger partial charge in [0.05, 0.1) is 12.0 Å². The number of hydrogen-bond donors (Lipinski definition) is 2. The lowest BCUT2D eigenvalue weighted by molar-refractivity contribution is -0.137. The summed E-state index contributed by atoms with van der Waals surface area (Å²) in [6.07, 6.45) is -3.83. The Morgan fingerprint density at radius 3 is 2.48 bits per heavy atom. The summed E-state index contributed by atoms with van der Waals surface area (Å²) in [7, 11) is 0. The molecule has 4 rings (SSSR count). The highest BCUT2D eigenvalue weighted by atomic mass is 19.4. The topological polar surface area (TPSA) is 75.4 Å². The number of aliphatic carboxylic acids is 1. The fourth-order valence-corrected chi connectivity index (χ4v) is 3.59. The van der Waals surface area contributed by atoms with Gasteiger partial charge in [-0.2, -0.15) is 13.2 Å². The van der Waals surface area contributed by atoms with Crippen LogP contribution in [0.2, 0.25) is 0 Å². The van der Waals surface area contributed by atoms with Crippen LogP contribution < -0.4 is 5.32 Å². The molecule has 0 saturated carbocycles. The van der Waals surface area contributed by atoms with Crippen LogP contribution in [0.1, 0.15) is 17.5 Å². The maximum atomic E-state index is 13.8. The molecule has 4 aromatic rings. The molecule has 1 aromatic heterocycles. The molecular formula is C25H21F3N2O3. The van der Waals surface area contributed by atoms with E-state index in [-0.39, 0.29) is 23.4 Å². The number of alkyl halides is 3. The maximum Gasteiger partial charge on any atom is 0.417 e. The molecule has 33 heavy (non-hydrogen) atoms. The second-order valence-corrected chi connectivity index (χ2v) is 7.59. The second kappa shape index (κ2) is 9.46. The van der Waals surface area contributed by atoms with Gasteiger partial charge >= 0.3 is 12.1 Å². The van der Waals surface area contributed by atoms with E-state index in [1.807, 2.05) is 12.1 Å². The van der Waals surface area contributed by atoms with Crippen LogP contribution in [0.25, 0.3) is 33.7 Å². The Bertz CT molecular complexity index is 1270. The molecule has 0 aliphatic rings. The summed E-state index contributed by atoms with van der Waals surface area (Å²) in [4.78, 5) is 14.9. The van der Waals surface area contributed by atoms with Crippen LogP contribution in [-0.4, -0.2) is 29.1 Å². The Hall–Kier alpha value is -3.65. The van der Waals surface area contributed by atoms with E-state index in [9.17, 15) is 18.0 Å². The molecule has 0 saturated heterocycles. The van der Waals surface area contributed by atoms with Crippen molar-refractivity contribution in [3.8, 4) is 22.6 Å². The molecule has 2 N–H and O–H groups in total. The normalized spacial score (nSPS) is 11.7. The number of carbonyl (C=O) groups is 1. The molecule has 5 nitrogen and oxygen atoms in total. The molecule has 0 unspecified atom stereocenters. The van der Waals surface area contributed by atoms with Crippen LogP contribution in [0, 0.1) is 0 Å². The van der Waals surface area contributed by atoms with E-state index >= 15 is 0 Å². The van der Waals surface area contributed by atoms with Gasteiger partial charge in [-0.15, -0.1) is 0 Å². The number of carboxylic acids is 1. The molecule has 8 heteroatoms. The van der Waals surface area contributed by atoms with Crippen molar-refractivity contribution < 1.29 is 27.5 Å². The fourth-order valence-electron chi connectivity index (χ4n) is 3.59. The predicted octanol–water partition coefficient (Wildman–Crippen LogP) is 5.79. The van der Waals surface area contributed by atoms with Crippen molar-refractivity contribution in [1.82, 2.24) is 10.3 Å². The second-order valence-electron chi connectivity index (χ2n) is 7.59. The highest BCUT2D eigenvalue weighted by Gasteiger charge is 2.34. The van der Waals surface area contributed by atoms with Gasteiger partial charge in [0.15, 0.2) is 5.58 Å². The van der Waals surface area contributed by atoms with Gasteiger partial charge in [-0.05, 0) is 53.9 Å². The number of hydrogen-bond acceptors (Lipinski definition) is 4. The standard InChI is InChI=1S/C25H21F3N2O3/c26-25(27,28)20-15-18(7-8-19(20)17-4-2-1-3-5-17)24-30-21-14-16(6-9-22(21)33-24)10-12-29-13-11-23(31)32/h1-9,14-15,29H,10-13H2,(H,31,32). The summed E-state index contributed by atoms with van der Waals surface area (Å²) < 4.78 is 47.2. The first-order chi connectivity index (χ1) is 15.8. The fraction of sp³-hybridized carbons (Fsp3) is 0.200. The van der Waals surface area contributed by atoms with Gasteiger partial charge in [0.1, 0.15) is 5.52 Å². The third-order valence-electron chi connectivity index (χ3n) is 5.21. The van der Waals surface area contributed by atoms with Gasteiger partial charge < -0.3 is 14.8 Å². The molecule has 3 aromatic carbocycles. The Morgan fingerprint density at radius 2 is 1.76 bits per heavy atom. The SMILES string of the molecule is O=C(O)CCNCCc1ccc2oc(-c3ccc(-c4ccccc4)c(C(F)(F)F)c3)nc2c1. The first-order valence-electron chi connectivity index (χ1n) is 10.4. The third-order valence-corrected chi connectivity index (χ3v) is 5.21. The Labute approximate surface area is 187 Å². The summed E-state index contributed by atoms with van der Waals surface area (Å²) in [6.45, 7) is 0.978. The zero-order valence-corrected chi connectivity index (χ0v) is 17.5. The molecule has 0 aliphatic heterocycles. The number of rotatable bonds is 8. The average molecular weight is 454 g/mol. The van der Waals surface area contributed by atoms with Gasteiger partial charge in [-0.3, -0.25) is 4.79 Å². The van der Waals surface area contributed by atoms with E-state index in [1.54, 1.807) is 42.5 Å². The number of aromatic nitrogens is 1. The molecule has 0 radical (unpaired) electrons. The van der Waals surface area contributed by atoms with Crippen molar-refractivity contribution in [2.24, 2.45) is 0 Å². The average Bonchev–Trinajstić information content (AvgIpc) is 3.22. The highest BCUT2D eigenvalue weighted by Crippen LogP contribution is 2.39. The molecular weight excluding hydrogens is 433 g/mol. The Kier molecular flexibility index (Phi) is 6.46. The summed E-state index contributed by atoms with van der Waals surface area (Å²) >= 11 is 0. The number of oxazole rings is 1. The van der Waals surface area contributed by atoms with Gasteiger partial charge in [0, 0.05) is 12.1 Å². The quantitative estimate of drug-likeness (QED) is 0.330. The summed E-state index contributed by atoms with van der Waals surface area (Å²) in [6, 6.07) is 17.9. The molecule has 0 fully saturated rings. The number of carboxylic acid groups (broad SMARTS) is 1. The van der Waals surface area contributed by atoms with E-state index in [2.05, 4.69) is 10.3 Å². The van der Waals surface area contributed by atoms with Crippen molar-refractivity contribution in [2.75, 3.05) is 13.1 Å². The number of benzene rings is 3. The molecule has 1 heterocycles. The summed E-state index contributed by atoms with van der Waals surface area (Å²) in [5, 5.41) is 11.7. The lowest BCUT2D eigenvalue weighted by atomic mass is 9.97. The molecule has 170 valence electrons. The zero-order chi connectivity index (χ0) is 23.4. The van der Waals surface area contributed by atoms with Crippen LogP contribution in [-0.2, 0) is 17.4 Å². The van der Waals surface area contributed by atoms with Gasteiger partial charge in [-0.1, -0.05) is 42.5 Å². The number of nitrogens with zero attached hydrogens (tertiary/aromatic N) is 1. The van der Waals surface area contributed by atoms with Gasteiger partial charge in [0.2, 0.25) is 5.89 Å². The molecule has 0 amide bonds. The smallest absolute Gasteiger partial charge is 0.417 e. The molecule has 0 atom stereocenters. The first-order valence-corrected chi connectivity index (χ1v) is 10.4. The monoisotopic (exact) mass is 454 g/mol. The van der Waals surface area contributed by atoms with E-state index in [4.69, 9.17) is 9.52 Å². The van der Waals surface area contributed by atoms with Crippen molar-refractivity contribution in [1.29, 1.82) is 0 Å². The van der Waals surface area contributed by atoms with E-state index in [0.29, 0.717) is 36.2 Å². The number of nitrogens with one attached hydrogen (secondary N) is 1. The predicted molar refractivity (Wildman–Crippen MR) is 119 cm³/mol. The van der Waals surface area contributed by atoms with Crippen LogP contribution >= 0.6 is 0 Å². The summed E-state index contributed by atoms with van der Waals surface area (Å²) in [5.74, 6) is -0.739. The van der Waals surface area contributed by atoms with Crippen molar-refractivity contribution in [3.63, 3.8) is 0 Å². The lowest BCUT2D eigenvalue weighted by Gasteiger charge is -2.14. The third kappa shape index (κ3) is 5.40. The van der Waals surface area contributed by atoms with Crippen LogP contribution in [0.5, 0.6) is 0 Å². The lowest BCUT2D eigenvalue weighted by Crippen LogP contribution is -2.20. The minimum atomic E-state index is -4.53. The van der Waals surface area contributed by atoms with E-state index in [0.717, 1.165) is 11.6 Å². The highest BCUT2D eigenvalue weighted by molar-refractivity contribution is 5.78. The van der Waals surface area contributed by atoms with Crippen LogP contribution in [0.3, 0.4) is 0 Å². The van der Waals surface area contributed by atoms with Crippen LogP contribution in [0.15, 0.2) is 71.1 Å². The Morgan fingerprint density at radius 1 is 0.970 bits per heavy atom. The Balaban J connectivity index is 1.59. The minimum absolute atomic E-state index is 0.0503. The number of fused-ring (bicyclic) bond motifs is 1. The minimum Gasteiger partial charge on any atom is -0.481 e. The molecule has 0 aliphatic carbocycles. The van der Waals surface area contributed by atoms with Crippen molar-refractivity contribution in [2.45, 2.75) is 19.0 Å². The van der Waals surface area contributed by atoms with Crippen molar-refractivity contribution >= 4 is 17.1 Å².